The van der Waals surface area contributed by atoms with Gasteiger partial charge < -0.3 is 5.32 Å². The summed E-state index contributed by atoms with van der Waals surface area (Å²) in [5.74, 6) is -15.1. The number of benzene rings is 1. The second-order valence-corrected chi connectivity index (χ2v) is 5.29. The van der Waals surface area contributed by atoms with Crippen LogP contribution in [0.2, 0.25) is 5.02 Å². The maximum absolute atomic E-state index is 13.1. The molecule has 0 aliphatic carbocycles. The van der Waals surface area contributed by atoms with Crippen molar-refractivity contribution in [1.29, 1.82) is 0 Å². The highest BCUT2D eigenvalue weighted by Gasteiger charge is 2.76. The van der Waals surface area contributed by atoms with Crippen LogP contribution in [-0.4, -0.2) is 30.0 Å². The topological polar surface area (TPSA) is 29.1 Å². The van der Waals surface area contributed by atoms with Crippen molar-refractivity contribution in [3.8, 4) is 0 Å². The van der Waals surface area contributed by atoms with Crippen LogP contribution in [0.25, 0.3) is 0 Å². The Bertz CT molecular complexity index is 556. The summed E-state index contributed by atoms with van der Waals surface area (Å²) in [4.78, 5) is 11.2. The summed E-state index contributed by atoms with van der Waals surface area (Å²) in [5, 5.41) is 1.85. The Hall–Kier alpha value is -1.51. The van der Waals surface area contributed by atoms with Crippen LogP contribution in [-0.2, 0) is 11.2 Å². The van der Waals surface area contributed by atoms with Crippen LogP contribution in [0.5, 0.6) is 0 Å². The molecule has 0 fully saturated rings. The first-order valence-corrected chi connectivity index (χ1v) is 6.54. The molecule has 10 heteroatoms. The summed E-state index contributed by atoms with van der Waals surface area (Å²) in [7, 11) is 0. The number of carbonyl (C=O) groups is 1. The molecule has 1 atom stereocenters. The van der Waals surface area contributed by atoms with Gasteiger partial charge in [-0.25, -0.2) is 0 Å². The highest BCUT2D eigenvalue weighted by molar-refractivity contribution is 6.30. The Morgan fingerprint density at radius 3 is 2.00 bits per heavy atom. The zero-order chi connectivity index (χ0) is 18.1. The molecule has 0 heterocycles. The largest absolute Gasteiger partial charge is 0.460 e. The van der Waals surface area contributed by atoms with Gasteiger partial charge in [-0.1, -0.05) is 23.7 Å². The minimum absolute atomic E-state index is 0.0590. The van der Waals surface area contributed by atoms with Gasteiger partial charge in [-0.3, -0.25) is 4.79 Å². The lowest BCUT2D eigenvalue weighted by Crippen LogP contribution is -2.60. The summed E-state index contributed by atoms with van der Waals surface area (Å²) >= 11 is 5.63. The number of halogens is 8. The van der Waals surface area contributed by atoms with E-state index in [4.69, 9.17) is 11.6 Å². The SMILES string of the molecule is CC(Cc1ccc(Cl)cc1)NC(=O)C(F)(F)C(F)(F)C(F)(F)F. The molecule has 0 saturated carbocycles. The molecule has 1 amide bonds. The van der Waals surface area contributed by atoms with Crippen molar-refractivity contribution in [2.75, 3.05) is 0 Å². The van der Waals surface area contributed by atoms with Gasteiger partial charge in [-0.15, -0.1) is 0 Å². The average molecular weight is 366 g/mol. The molecule has 0 saturated heterocycles. The lowest BCUT2D eigenvalue weighted by Gasteiger charge is -2.28. The maximum atomic E-state index is 13.1. The zero-order valence-corrected chi connectivity index (χ0v) is 12.3. The average Bonchev–Trinajstić information content (AvgIpc) is 2.39. The highest BCUT2D eigenvalue weighted by atomic mass is 35.5. The van der Waals surface area contributed by atoms with Crippen molar-refractivity contribution >= 4 is 17.5 Å². The first kappa shape index (κ1) is 19.5. The van der Waals surface area contributed by atoms with E-state index < -0.39 is 30.0 Å². The molecule has 1 aromatic carbocycles. The van der Waals surface area contributed by atoms with Crippen molar-refractivity contribution in [1.82, 2.24) is 5.32 Å². The molecule has 1 unspecified atom stereocenters. The van der Waals surface area contributed by atoms with Crippen LogP contribution in [0.1, 0.15) is 12.5 Å². The van der Waals surface area contributed by atoms with Crippen molar-refractivity contribution in [2.24, 2.45) is 0 Å². The monoisotopic (exact) mass is 365 g/mol. The lowest BCUT2D eigenvalue weighted by molar-refractivity contribution is -0.344. The van der Waals surface area contributed by atoms with Gasteiger partial charge in [0.15, 0.2) is 0 Å². The summed E-state index contributed by atoms with van der Waals surface area (Å²) < 4.78 is 87.7. The summed E-state index contributed by atoms with van der Waals surface area (Å²) in [6, 6.07) is 4.83. The molecule has 2 nitrogen and oxygen atoms in total. The number of alkyl halides is 7. The van der Waals surface area contributed by atoms with Gasteiger partial charge in [-0.2, -0.15) is 30.7 Å². The number of rotatable bonds is 5. The van der Waals surface area contributed by atoms with Crippen molar-refractivity contribution in [3.05, 3.63) is 34.9 Å². The fraction of sp³-hybridized carbons (Fsp3) is 0.462. The van der Waals surface area contributed by atoms with Gasteiger partial charge in [0.2, 0.25) is 0 Å². The van der Waals surface area contributed by atoms with Crippen LogP contribution in [0, 0.1) is 0 Å². The van der Waals surface area contributed by atoms with E-state index in [-0.39, 0.29) is 6.42 Å². The molecule has 0 aliphatic rings. The predicted octanol–water partition coefficient (Wildman–Crippen LogP) is 4.22. The molecule has 0 aromatic heterocycles. The molecular weight excluding hydrogens is 355 g/mol. The van der Waals surface area contributed by atoms with Gasteiger partial charge in [-0.05, 0) is 31.0 Å². The van der Waals surface area contributed by atoms with Crippen LogP contribution in [0.3, 0.4) is 0 Å². The molecule has 0 spiro atoms. The predicted molar refractivity (Wildman–Crippen MR) is 68.7 cm³/mol. The van der Waals surface area contributed by atoms with Crippen molar-refractivity contribution in [3.63, 3.8) is 0 Å². The van der Waals surface area contributed by atoms with Gasteiger partial charge in [0.05, 0.1) is 0 Å². The third kappa shape index (κ3) is 4.27. The van der Waals surface area contributed by atoms with Crippen molar-refractivity contribution < 1.29 is 35.5 Å². The molecule has 0 bridgehead atoms. The van der Waals surface area contributed by atoms with E-state index in [0.29, 0.717) is 10.6 Å². The third-order valence-electron chi connectivity index (χ3n) is 2.87. The van der Waals surface area contributed by atoms with E-state index in [1.807, 2.05) is 0 Å². The molecule has 0 radical (unpaired) electrons. The Kier molecular flexibility index (Phi) is 5.56. The summed E-state index contributed by atoms with van der Waals surface area (Å²) in [5.41, 5.74) is 0.521. The molecule has 1 aromatic rings. The number of hydrogen-bond donors (Lipinski definition) is 1. The molecular formula is C13H11ClF7NO. The van der Waals surface area contributed by atoms with Crippen LogP contribution in [0.15, 0.2) is 24.3 Å². The fourth-order valence-electron chi connectivity index (χ4n) is 1.66. The number of carbonyl (C=O) groups excluding carboxylic acids is 1. The Morgan fingerprint density at radius 1 is 1.09 bits per heavy atom. The van der Waals surface area contributed by atoms with Gasteiger partial charge >= 0.3 is 18.0 Å². The number of nitrogens with one attached hydrogen (secondary N) is 1. The lowest BCUT2D eigenvalue weighted by atomic mass is 10.1. The van der Waals surface area contributed by atoms with E-state index in [9.17, 15) is 35.5 Å². The minimum Gasteiger partial charge on any atom is -0.348 e. The molecule has 1 N–H and O–H groups in total. The zero-order valence-electron chi connectivity index (χ0n) is 11.5. The molecule has 23 heavy (non-hydrogen) atoms. The first-order valence-electron chi connectivity index (χ1n) is 6.17. The van der Waals surface area contributed by atoms with Gasteiger partial charge in [0.25, 0.3) is 5.91 Å². The smallest absolute Gasteiger partial charge is 0.348 e. The van der Waals surface area contributed by atoms with Gasteiger partial charge in [0.1, 0.15) is 0 Å². The van der Waals surface area contributed by atoms with Crippen LogP contribution >= 0.6 is 11.6 Å². The molecule has 130 valence electrons. The van der Waals surface area contributed by atoms with E-state index >= 15 is 0 Å². The second-order valence-electron chi connectivity index (χ2n) is 4.85. The van der Waals surface area contributed by atoms with E-state index in [1.165, 1.54) is 36.5 Å². The number of amides is 1. The van der Waals surface area contributed by atoms with Crippen LogP contribution < -0.4 is 5.32 Å². The van der Waals surface area contributed by atoms with E-state index in [2.05, 4.69) is 0 Å². The second kappa shape index (κ2) is 6.54. The first-order chi connectivity index (χ1) is 10.3. The quantitative estimate of drug-likeness (QED) is 0.778. The summed E-state index contributed by atoms with van der Waals surface area (Å²) in [6.07, 6.45) is -6.61. The Labute approximate surface area is 131 Å². The van der Waals surface area contributed by atoms with Gasteiger partial charge in [0, 0.05) is 11.1 Å². The third-order valence-corrected chi connectivity index (χ3v) is 3.12. The van der Waals surface area contributed by atoms with Crippen molar-refractivity contribution in [2.45, 2.75) is 37.4 Å². The normalized spacial score (nSPS) is 14.5. The minimum atomic E-state index is -6.55. The molecule has 0 aliphatic heterocycles. The molecule has 1 rings (SSSR count). The van der Waals surface area contributed by atoms with Crippen LogP contribution in [0.4, 0.5) is 30.7 Å². The Balaban J connectivity index is 2.79. The van der Waals surface area contributed by atoms with E-state index in [1.54, 1.807) is 0 Å². The summed E-state index contributed by atoms with van der Waals surface area (Å²) in [6.45, 7) is 1.19. The maximum Gasteiger partial charge on any atom is 0.460 e. The fourth-order valence-corrected chi connectivity index (χ4v) is 1.79. The number of hydrogen-bond acceptors (Lipinski definition) is 1. The van der Waals surface area contributed by atoms with E-state index in [0.717, 1.165) is 0 Å². The standard InChI is InChI=1S/C13H11ClF7NO/c1-7(6-8-2-4-9(14)5-3-8)22-10(23)11(15,16)12(17,18)13(19,20)21/h2-5,7H,6H2,1H3,(H,22,23). The Morgan fingerprint density at radius 2 is 1.57 bits per heavy atom. The highest BCUT2D eigenvalue weighted by Crippen LogP contribution is 2.46.